The van der Waals surface area contributed by atoms with Gasteiger partial charge in [0, 0.05) is 13.0 Å². The molecule has 70 valence electrons. The SMILES string of the molecule is CC#CCCNS(=O)(=O)C(F)F. The zero-order valence-corrected chi connectivity index (χ0v) is 7.29. The molecule has 0 spiro atoms. The highest BCUT2D eigenvalue weighted by atomic mass is 32.2. The molecule has 1 N–H and O–H groups in total. The number of hydrogen-bond donors (Lipinski definition) is 1. The summed E-state index contributed by atoms with van der Waals surface area (Å²) in [6.07, 6.45) is 0.239. The molecule has 0 saturated heterocycles. The first-order valence-electron chi connectivity index (χ1n) is 3.17. The van der Waals surface area contributed by atoms with Gasteiger partial charge in [-0.2, -0.15) is 8.78 Å². The van der Waals surface area contributed by atoms with Crippen LogP contribution in [0.4, 0.5) is 8.78 Å². The van der Waals surface area contributed by atoms with Crippen molar-refractivity contribution in [3.05, 3.63) is 0 Å². The highest BCUT2D eigenvalue weighted by molar-refractivity contribution is 7.89. The summed E-state index contributed by atoms with van der Waals surface area (Å²) in [7, 11) is -4.43. The average Bonchev–Trinajstić information content (AvgIpc) is 1.98. The van der Waals surface area contributed by atoms with Gasteiger partial charge in [0.15, 0.2) is 0 Å². The molecule has 0 fully saturated rings. The molecule has 0 aromatic rings. The fourth-order valence-electron chi connectivity index (χ4n) is 0.444. The monoisotopic (exact) mass is 197 g/mol. The predicted octanol–water partition coefficient (Wildman–Crippen LogP) is 0.542. The molecule has 0 unspecified atom stereocenters. The van der Waals surface area contributed by atoms with E-state index >= 15 is 0 Å². The van der Waals surface area contributed by atoms with Crippen LogP contribution in [-0.2, 0) is 10.0 Å². The van der Waals surface area contributed by atoms with E-state index in [4.69, 9.17) is 0 Å². The average molecular weight is 197 g/mol. The standard InChI is InChI=1S/C6H9F2NO2S/c1-2-3-4-5-9-12(10,11)6(7)8/h6,9H,4-5H2,1H3. The largest absolute Gasteiger partial charge is 0.350 e. The lowest BCUT2D eigenvalue weighted by atomic mass is 10.4. The lowest BCUT2D eigenvalue weighted by molar-refractivity contribution is 0.232. The number of nitrogens with one attached hydrogen (secondary N) is 1. The van der Waals surface area contributed by atoms with E-state index in [1.54, 1.807) is 11.6 Å². The Morgan fingerprint density at radius 2 is 2.08 bits per heavy atom. The first-order chi connectivity index (χ1) is 5.50. The van der Waals surface area contributed by atoms with Gasteiger partial charge in [0.2, 0.25) is 0 Å². The zero-order chi connectivity index (χ0) is 9.61. The van der Waals surface area contributed by atoms with Crippen molar-refractivity contribution in [2.24, 2.45) is 0 Å². The maximum atomic E-state index is 11.6. The molecule has 0 heterocycles. The molecule has 0 aliphatic carbocycles. The summed E-state index contributed by atoms with van der Waals surface area (Å²) in [5, 5.41) is 0. The van der Waals surface area contributed by atoms with E-state index in [2.05, 4.69) is 11.8 Å². The molecular formula is C6H9F2NO2S. The quantitative estimate of drug-likeness (QED) is 0.528. The van der Waals surface area contributed by atoms with E-state index in [1.807, 2.05) is 0 Å². The summed E-state index contributed by atoms with van der Waals surface area (Å²) in [5.41, 5.74) is 0. The molecule has 12 heavy (non-hydrogen) atoms. The van der Waals surface area contributed by atoms with Crippen LogP contribution in [0.2, 0.25) is 0 Å². The van der Waals surface area contributed by atoms with Gasteiger partial charge in [-0.15, -0.1) is 11.8 Å². The summed E-state index contributed by atoms with van der Waals surface area (Å²) in [5.74, 6) is 1.68. The first kappa shape index (κ1) is 11.3. The van der Waals surface area contributed by atoms with E-state index < -0.39 is 15.8 Å². The Labute approximate surface area is 70.2 Å². The van der Waals surface area contributed by atoms with E-state index in [0.29, 0.717) is 0 Å². The molecule has 0 aliphatic rings. The normalized spacial score (nSPS) is 11.0. The highest BCUT2D eigenvalue weighted by Crippen LogP contribution is 2.00. The van der Waals surface area contributed by atoms with Crippen LogP contribution in [0.5, 0.6) is 0 Å². The fourth-order valence-corrected chi connectivity index (χ4v) is 0.956. The topological polar surface area (TPSA) is 46.2 Å². The Morgan fingerprint density at radius 3 is 2.50 bits per heavy atom. The molecule has 0 aromatic heterocycles. The predicted molar refractivity (Wildman–Crippen MR) is 41.0 cm³/mol. The number of sulfonamides is 1. The van der Waals surface area contributed by atoms with Crippen molar-refractivity contribution in [1.82, 2.24) is 4.72 Å². The Bertz CT molecular complexity index is 276. The second-order valence-corrected chi connectivity index (χ2v) is 3.61. The second-order valence-electron chi connectivity index (χ2n) is 1.88. The van der Waals surface area contributed by atoms with Crippen LogP contribution in [0.1, 0.15) is 13.3 Å². The van der Waals surface area contributed by atoms with Gasteiger partial charge in [-0.25, -0.2) is 13.1 Å². The van der Waals surface area contributed by atoms with Crippen molar-refractivity contribution >= 4 is 10.0 Å². The van der Waals surface area contributed by atoms with Crippen molar-refractivity contribution in [2.45, 2.75) is 19.1 Å². The van der Waals surface area contributed by atoms with E-state index in [9.17, 15) is 17.2 Å². The van der Waals surface area contributed by atoms with Crippen LogP contribution in [0, 0.1) is 11.8 Å². The molecule has 0 aromatic carbocycles. The van der Waals surface area contributed by atoms with Gasteiger partial charge in [0.05, 0.1) is 0 Å². The zero-order valence-electron chi connectivity index (χ0n) is 6.47. The molecule has 0 aliphatic heterocycles. The lowest BCUT2D eigenvalue weighted by Gasteiger charge is -2.01. The van der Waals surface area contributed by atoms with Gasteiger partial charge in [0.25, 0.3) is 10.0 Å². The van der Waals surface area contributed by atoms with Crippen molar-refractivity contribution in [3.63, 3.8) is 0 Å². The maximum absolute atomic E-state index is 11.6. The molecule has 0 amide bonds. The Hall–Kier alpha value is -0.670. The van der Waals surface area contributed by atoms with Gasteiger partial charge in [-0.1, -0.05) is 0 Å². The summed E-state index contributed by atoms with van der Waals surface area (Å²) < 4.78 is 45.8. The van der Waals surface area contributed by atoms with E-state index in [1.165, 1.54) is 0 Å². The van der Waals surface area contributed by atoms with Crippen LogP contribution in [0.25, 0.3) is 0 Å². The van der Waals surface area contributed by atoms with Crippen LogP contribution in [-0.4, -0.2) is 20.7 Å². The summed E-state index contributed by atoms with van der Waals surface area (Å²) in [4.78, 5) is 0. The summed E-state index contributed by atoms with van der Waals surface area (Å²) in [6.45, 7) is 1.51. The third-order valence-electron chi connectivity index (χ3n) is 0.965. The lowest BCUT2D eigenvalue weighted by Crippen LogP contribution is -2.30. The number of rotatable bonds is 4. The van der Waals surface area contributed by atoms with E-state index in [-0.39, 0.29) is 13.0 Å². The Kier molecular flexibility index (Phi) is 4.78. The molecule has 0 bridgehead atoms. The van der Waals surface area contributed by atoms with Crippen LogP contribution < -0.4 is 4.72 Å². The van der Waals surface area contributed by atoms with Crippen molar-refractivity contribution in [2.75, 3.05) is 6.54 Å². The van der Waals surface area contributed by atoms with Gasteiger partial charge >= 0.3 is 5.76 Å². The van der Waals surface area contributed by atoms with Crippen molar-refractivity contribution in [3.8, 4) is 11.8 Å². The fraction of sp³-hybridized carbons (Fsp3) is 0.667. The molecule has 6 heteroatoms. The summed E-state index contributed by atoms with van der Waals surface area (Å²) in [6, 6.07) is 0. The first-order valence-corrected chi connectivity index (χ1v) is 4.71. The third-order valence-corrected chi connectivity index (χ3v) is 2.04. The third kappa shape index (κ3) is 4.26. The molecule has 0 rings (SSSR count). The molecular weight excluding hydrogens is 188 g/mol. The van der Waals surface area contributed by atoms with E-state index in [0.717, 1.165) is 0 Å². The second kappa shape index (κ2) is 5.06. The van der Waals surface area contributed by atoms with Crippen LogP contribution in [0.3, 0.4) is 0 Å². The van der Waals surface area contributed by atoms with Crippen molar-refractivity contribution < 1.29 is 17.2 Å². The van der Waals surface area contributed by atoms with Crippen molar-refractivity contribution in [1.29, 1.82) is 0 Å². The molecule has 0 atom stereocenters. The highest BCUT2D eigenvalue weighted by Gasteiger charge is 2.22. The van der Waals surface area contributed by atoms with Gasteiger partial charge in [-0.3, -0.25) is 0 Å². The smallest absolute Gasteiger partial charge is 0.209 e. The number of alkyl halides is 2. The maximum Gasteiger partial charge on any atom is 0.350 e. The molecule has 0 radical (unpaired) electrons. The Balaban J connectivity index is 3.83. The minimum atomic E-state index is -4.43. The van der Waals surface area contributed by atoms with Gasteiger partial charge in [-0.05, 0) is 6.92 Å². The number of halogens is 2. The minimum absolute atomic E-state index is 0.0759. The Morgan fingerprint density at radius 1 is 1.50 bits per heavy atom. The number of hydrogen-bond acceptors (Lipinski definition) is 2. The van der Waals surface area contributed by atoms with Crippen LogP contribution >= 0.6 is 0 Å². The van der Waals surface area contributed by atoms with Crippen LogP contribution in [0.15, 0.2) is 0 Å². The minimum Gasteiger partial charge on any atom is -0.209 e. The molecule has 0 saturated carbocycles. The molecule has 3 nitrogen and oxygen atoms in total. The van der Waals surface area contributed by atoms with Gasteiger partial charge < -0.3 is 0 Å². The summed E-state index contributed by atoms with van der Waals surface area (Å²) >= 11 is 0. The van der Waals surface area contributed by atoms with Gasteiger partial charge in [0.1, 0.15) is 0 Å².